The lowest BCUT2D eigenvalue weighted by Crippen LogP contribution is -2.36. The van der Waals surface area contributed by atoms with Gasteiger partial charge in [-0.05, 0) is 37.0 Å². The van der Waals surface area contributed by atoms with Gasteiger partial charge in [-0.1, -0.05) is 26.0 Å². The van der Waals surface area contributed by atoms with E-state index in [9.17, 15) is 5.11 Å². The van der Waals surface area contributed by atoms with Gasteiger partial charge in [0.15, 0.2) is 0 Å². The van der Waals surface area contributed by atoms with E-state index in [2.05, 4.69) is 26.1 Å². The van der Waals surface area contributed by atoms with Gasteiger partial charge in [0.2, 0.25) is 0 Å². The molecule has 0 radical (unpaired) electrons. The second-order valence-electron chi connectivity index (χ2n) is 4.84. The van der Waals surface area contributed by atoms with Gasteiger partial charge in [-0.2, -0.15) is 0 Å². The molecule has 2 unspecified atom stereocenters. The molecule has 0 aliphatic rings. The van der Waals surface area contributed by atoms with Crippen LogP contribution in [0.15, 0.2) is 24.3 Å². The standard InChI is InChI=1S/C14H23NO2/c1-10(2)14(8-9-16)15-11(3)12-4-6-13(17)7-5-12/h4-7,10-11,14-17H,8-9H2,1-3H3. The average Bonchev–Trinajstić information content (AvgIpc) is 2.29. The quantitative estimate of drug-likeness (QED) is 0.712. The predicted molar refractivity (Wildman–Crippen MR) is 70.0 cm³/mol. The van der Waals surface area contributed by atoms with E-state index in [0.29, 0.717) is 12.0 Å². The Balaban J connectivity index is 2.63. The van der Waals surface area contributed by atoms with Crippen LogP contribution >= 0.6 is 0 Å². The van der Waals surface area contributed by atoms with Gasteiger partial charge in [-0.15, -0.1) is 0 Å². The first-order valence-corrected chi connectivity index (χ1v) is 6.20. The Morgan fingerprint density at radius 3 is 2.18 bits per heavy atom. The van der Waals surface area contributed by atoms with Crippen LogP contribution in [0.3, 0.4) is 0 Å². The first-order chi connectivity index (χ1) is 8.04. The highest BCUT2D eigenvalue weighted by molar-refractivity contribution is 5.27. The molecular weight excluding hydrogens is 214 g/mol. The molecule has 0 saturated heterocycles. The number of rotatable bonds is 6. The van der Waals surface area contributed by atoms with Crippen LogP contribution in [0.4, 0.5) is 0 Å². The summed E-state index contributed by atoms with van der Waals surface area (Å²) in [5.74, 6) is 0.776. The number of aliphatic hydroxyl groups is 1. The van der Waals surface area contributed by atoms with Crippen LogP contribution in [0.1, 0.15) is 38.8 Å². The highest BCUT2D eigenvalue weighted by Gasteiger charge is 2.16. The minimum Gasteiger partial charge on any atom is -0.508 e. The lowest BCUT2D eigenvalue weighted by atomic mass is 9.98. The highest BCUT2D eigenvalue weighted by atomic mass is 16.3. The summed E-state index contributed by atoms with van der Waals surface area (Å²) >= 11 is 0. The summed E-state index contributed by atoms with van der Waals surface area (Å²) in [6.45, 7) is 6.60. The Morgan fingerprint density at radius 2 is 1.71 bits per heavy atom. The van der Waals surface area contributed by atoms with Crippen LogP contribution < -0.4 is 5.32 Å². The van der Waals surface area contributed by atoms with Crippen LogP contribution in [0, 0.1) is 5.92 Å². The van der Waals surface area contributed by atoms with Crippen molar-refractivity contribution in [3.05, 3.63) is 29.8 Å². The topological polar surface area (TPSA) is 52.5 Å². The minimum absolute atomic E-state index is 0.206. The molecular formula is C14H23NO2. The summed E-state index contributed by atoms with van der Waals surface area (Å²) in [7, 11) is 0. The van der Waals surface area contributed by atoms with Crippen molar-refractivity contribution in [1.29, 1.82) is 0 Å². The average molecular weight is 237 g/mol. The number of benzene rings is 1. The maximum absolute atomic E-state index is 9.24. The number of phenolic OH excluding ortho intramolecular Hbond substituents is 1. The lowest BCUT2D eigenvalue weighted by molar-refractivity contribution is 0.237. The molecule has 0 saturated carbocycles. The second-order valence-corrected chi connectivity index (χ2v) is 4.84. The van der Waals surface area contributed by atoms with E-state index in [1.807, 2.05) is 12.1 Å². The largest absolute Gasteiger partial charge is 0.508 e. The van der Waals surface area contributed by atoms with Gasteiger partial charge in [-0.25, -0.2) is 0 Å². The van der Waals surface area contributed by atoms with Crippen molar-refractivity contribution in [1.82, 2.24) is 5.32 Å². The molecule has 0 aliphatic carbocycles. The van der Waals surface area contributed by atoms with E-state index in [-0.39, 0.29) is 18.4 Å². The number of aliphatic hydroxyl groups excluding tert-OH is 1. The Bertz CT molecular complexity index is 321. The number of nitrogens with one attached hydrogen (secondary N) is 1. The van der Waals surface area contributed by atoms with Gasteiger partial charge in [0.1, 0.15) is 5.75 Å². The first-order valence-electron chi connectivity index (χ1n) is 6.20. The van der Waals surface area contributed by atoms with Gasteiger partial charge < -0.3 is 15.5 Å². The Morgan fingerprint density at radius 1 is 1.12 bits per heavy atom. The molecule has 0 aliphatic heterocycles. The molecule has 3 N–H and O–H groups in total. The summed E-state index contributed by atoms with van der Waals surface area (Å²) in [6, 6.07) is 7.76. The molecule has 17 heavy (non-hydrogen) atoms. The van der Waals surface area contributed by atoms with Crippen LogP contribution in [-0.4, -0.2) is 22.9 Å². The number of aromatic hydroxyl groups is 1. The van der Waals surface area contributed by atoms with Crippen LogP contribution in [-0.2, 0) is 0 Å². The summed E-state index contributed by atoms with van der Waals surface area (Å²) in [5, 5.41) is 21.8. The van der Waals surface area contributed by atoms with Crippen molar-refractivity contribution in [3.8, 4) is 5.75 Å². The third-order valence-corrected chi connectivity index (χ3v) is 3.10. The van der Waals surface area contributed by atoms with E-state index >= 15 is 0 Å². The van der Waals surface area contributed by atoms with Gasteiger partial charge >= 0.3 is 0 Å². The fourth-order valence-corrected chi connectivity index (χ4v) is 1.93. The maximum Gasteiger partial charge on any atom is 0.115 e. The normalized spacial score (nSPS) is 14.9. The first kappa shape index (κ1) is 14.0. The SMILES string of the molecule is CC(NC(CCO)C(C)C)c1ccc(O)cc1. The second kappa shape index (κ2) is 6.62. The monoisotopic (exact) mass is 237 g/mol. The zero-order valence-electron chi connectivity index (χ0n) is 10.9. The van der Waals surface area contributed by atoms with E-state index in [1.165, 1.54) is 0 Å². The molecule has 0 heterocycles. The molecule has 96 valence electrons. The van der Waals surface area contributed by atoms with Gasteiger partial charge in [0, 0.05) is 18.7 Å². The van der Waals surface area contributed by atoms with E-state index in [0.717, 1.165) is 12.0 Å². The number of phenols is 1. The van der Waals surface area contributed by atoms with E-state index < -0.39 is 0 Å². The van der Waals surface area contributed by atoms with Crippen molar-refractivity contribution in [2.75, 3.05) is 6.61 Å². The molecule has 0 aromatic heterocycles. The molecule has 1 rings (SSSR count). The molecule has 2 atom stereocenters. The number of hydrogen-bond acceptors (Lipinski definition) is 3. The fraction of sp³-hybridized carbons (Fsp3) is 0.571. The molecule has 0 amide bonds. The molecule has 0 bridgehead atoms. The highest BCUT2D eigenvalue weighted by Crippen LogP contribution is 2.18. The summed E-state index contributed by atoms with van der Waals surface area (Å²) in [4.78, 5) is 0. The summed E-state index contributed by atoms with van der Waals surface area (Å²) < 4.78 is 0. The minimum atomic E-state index is 0.206. The van der Waals surface area contributed by atoms with Crippen molar-refractivity contribution >= 4 is 0 Å². The third-order valence-electron chi connectivity index (χ3n) is 3.10. The summed E-state index contributed by atoms with van der Waals surface area (Å²) in [6.07, 6.45) is 0.764. The molecule has 1 aromatic carbocycles. The fourth-order valence-electron chi connectivity index (χ4n) is 1.93. The van der Waals surface area contributed by atoms with Crippen LogP contribution in [0.5, 0.6) is 5.75 Å². The van der Waals surface area contributed by atoms with Gasteiger partial charge in [-0.3, -0.25) is 0 Å². The van der Waals surface area contributed by atoms with E-state index in [1.54, 1.807) is 12.1 Å². The van der Waals surface area contributed by atoms with E-state index in [4.69, 9.17) is 5.11 Å². The van der Waals surface area contributed by atoms with Crippen LogP contribution in [0.2, 0.25) is 0 Å². The molecule has 3 nitrogen and oxygen atoms in total. The lowest BCUT2D eigenvalue weighted by Gasteiger charge is -2.26. The molecule has 0 fully saturated rings. The zero-order chi connectivity index (χ0) is 12.8. The molecule has 0 spiro atoms. The van der Waals surface area contributed by atoms with Crippen molar-refractivity contribution in [2.24, 2.45) is 5.92 Å². The summed E-state index contributed by atoms with van der Waals surface area (Å²) in [5.41, 5.74) is 1.14. The molecule has 1 aromatic rings. The molecule has 3 heteroatoms. The van der Waals surface area contributed by atoms with Crippen LogP contribution in [0.25, 0.3) is 0 Å². The van der Waals surface area contributed by atoms with Crippen molar-refractivity contribution in [3.63, 3.8) is 0 Å². The third kappa shape index (κ3) is 4.36. The maximum atomic E-state index is 9.24. The Labute approximate surface area is 103 Å². The Hall–Kier alpha value is -1.06. The van der Waals surface area contributed by atoms with Crippen molar-refractivity contribution < 1.29 is 10.2 Å². The predicted octanol–water partition coefficient (Wildman–Crippen LogP) is 2.45. The van der Waals surface area contributed by atoms with Gasteiger partial charge in [0.25, 0.3) is 0 Å². The Kier molecular flexibility index (Phi) is 5.45. The zero-order valence-corrected chi connectivity index (χ0v) is 10.9. The van der Waals surface area contributed by atoms with Gasteiger partial charge in [0.05, 0.1) is 0 Å². The smallest absolute Gasteiger partial charge is 0.115 e. The van der Waals surface area contributed by atoms with Crippen molar-refractivity contribution in [2.45, 2.75) is 39.3 Å². The number of hydrogen-bond donors (Lipinski definition) is 3.